The van der Waals surface area contributed by atoms with Gasteiger partial charge in [0, 0.05) is 13.1 Å². The Bertz CT molecular complexity index is 611. The number of hydrogen-bond acceptors (Lipinski definition) is 1. The van der Waals surface area contributed by atoms with Gasteiger partial charge >= 0.3 is 0 Å². The molecule has 2 N–H and O–H groups in total. The summed E-state index contributed by atoms with van der Waals surface area (Å²) < 4.78 is 13.0. The normalized spacial score (nSPS) is 10.3. The summed E-state index contributed by atoms with van der Waals surface area (Å²) in [6, 6.07) is 15.1. The molecule has 0 aromatic heterocycles. The predicted molar refractivity (Wildman–Crippen MR) is 93.6 cm³/mol. The van der Waals surface area contributed by atoms with Crippen molar-refractivity contribution in [2.24, 2.45) is 0 Å². The van der Waals surface area contributed by atoms with Gasteiger partial charge in [-0.05, 0) is 55.2 Å². The van der Waals surface area contributed by atoms with Crippen molar-refractivity contribution in [2.45, 2.75) is 19.8 Å². The quantitative estimate of drug-likeness (QED) is 0.799. The van der Waals surface area contributed by atoms with Gasteiger partial charge in [0.1, 0.15) is 5.82 Å². The van der Waals surface area contributed by atoms with Crippen molar-refractivity contribution in [3.63, 3.8) is 0 Å². The number of nitrogens with one attached hydrogen (secondary N) is 2. The van der Waals surface area contributed by atoms with Crippen LogP contribution in [0.4, 0.5) is 4.39 Å². The first-order valence-electron chi connectivity index (χ1n) is 7.45. The molecule has 0 bridgehead atoms. The molecule has 2 aromatic carbocycles. The van der Waals surface area contributed by atoms with E-state index in [1.165, 1.54) is 17.2 Å². The van der Waals surface area contributed by atoms with E-state index in [0.29, 0.717) is 11.7 Å². The standard InChI is InChI=1S/C18H21FN2S/c1-14-5-7-15(8-6-14)9-11-20-18(22)21-12-10-16-3-2-4-17(19)13-16/h2-8,13H,9-12H2,1H3,(H2,20,21,22). The van der Waals surface area contributed by atoms with Gasteiger partial charge in [0.2, 0.25) is 0 Å². The van der Waals surface area contributed by atoms with Crippen LogP contribution < -0.4 is 10.6 Å². The van der Waals surface area contributed by atoms with Gasteiger partial charge in [0.15, 0.2) is 5.11 Å². The number of halogens is 1. The van der Waals surface area contributed by atoms with Gasteiger partial charge in [-0.15, -0.1) is 0 Å². The fraction of sp³-hybridized carbons (Fsp3) is 0.278. The van der Waals surface area contributed by atoms with E-state index in [1.54, 1.807) is 12.1 Å². The molecule has 2 aromatic rings. The minimum Gasteiger partial charge on any atom is -0.362 e. The van der Waals surface area contributed by atoms with Crippen LogP contribution in [0, 0.1) is 12.7 Å². The molecule has 0 fully saturated rings. The number of hydrogen-bond donors (Lipinski definition) is 2. The maximum Gasteiger partial charge on any atom is 0.166 e. The summed E-state index contributed by atoms with van der Waals surface area (Å²) in [6.07, 6.45) is 1.68. The van der Waals surface area contributed by atoms with Crippen LogP contribution in [-0.2, 0) is 12.8 Å². The first-order chi connectivity index (χ1) is 10.6. The summed E-state index contributed by atoms with van der Waals surface area (Å²) in [7, 11) is 0. The molecule has 0 saturated carbocycles. The van der Waals surface area contributed by atoms with Crippen LogP contribution in [0.2, 0.25) is 0 Å². The van der Waals surface area contributed by atoms with E-state index >= 15 is 0 Å². The number of thiocarbonyl (C=S) groups is 1. The van der Waals surface area contributed by atoms with Gasteiger partial charge in [-0.2, -0.15) is 0 Å². The van der Waals surface area contributed by atoms with Crippen molar-refractivity contribution < 1.29 is 4.39 Å². The second-order valence-corrected chi connectivity index (χ2v) is 5.71. The molecule has 0 unspecified atom stereocenters. The fourth-order valence-corrected chi connectivity index (χ4v) is 2.35. The molecule has 0 atom stereocenters. The molecule has 0 radical (unpaired) electrons. The smallest absolute Gasteiger partial charge is 0.166 e. The zero-order valence-corrected chi connectivity index (χ0v) is 13.5. The van der Waals surface area contributed by atoms with Crippen LogP contribution in [0.5, 0.6) is 0 Å². The third-order valence-electron chi connectivity index (χ3n) is 3.41. The SMILES string of the molecule is Cc1ccc(CCNC(=S)NCCc2cccc(F)c2)cc1. The van der Waals surface area contributed by atoms with E-state index in [-0.39, 0.29) is 5.82 Å². The average Bonchev–Trinajstić information content (AvgIpc) is 2.49. The molecule has 2 rings (SSSR count). The minimum absolute atomic E-state index is 0.198. The molecule has 4 heteroatoms. The van der Waals surface area contributed by atoms with Crippen LogP contribution in [0.25, 0.3) is 0 Å². The molecule has 0 aliphatic carbocycles. The molecule has 116 valence electrons. The molecular weight excluding hydrogens is 295 g/mol. The Hall–Kier alpha value is -1.94. The zero-order valence-electron chi connectivity index (χ0n) is 12.7. The monoisotopic (exact) mass is 316 g/mol. The van der Waals surface area contributed by atoms with Gasteiger partial charge in [-0.25, -0.2) is 4.39 Å². The highest BCUT2D eigenvalue weighted by Gasteiger charge is 1.98. The first kappa shape index (κ1) is 16.4. The van der Waals surface area contributed by atoms with Crippen LogP contribution in [-0.4, -0.2) is 18.2 Å². The van der Waals surface area contributed by atoms with Gasteiger partial charge in [0.25, 0.3) is 0 Å². The molecule has 0 aliphatic rings. The summed E-state index contributed by atoms with van der Waals surface area (Å²) >= 11 is 5.24. The molecule has 0 heterocycles. The van der Waals surface area contributed by atoms with E-state index < -0.39 is 0 Å². The van der Waals surface area contributed by atoms with Gasteiger partial charge < -0.3 is 10.6 Å². The van der Waals surface area contributed by atoms with E-state index in [9.17, 15) is 4.39 Å². The Kier molecular flexibility index (Phi) is 6.34. The molecule has 22 heavy (non-hydrogen) atoms. The minimum atomic E-state index is -0.198. The molecule has 0 amide bonds. The van der Waals surface area contributed by atoms with Crippen LogP contribution in [0.15, 0.2) is 48.5 Å². The molecule has 0 saturated heterocycles. The molecule has 0 aliphatic heterocycles. The summed E-state index contributed by atoms with van der Waals surface area (Å²) in [4.78, 5) is 0. The Morgan fingerprint density at radius 2 is 1.59 bits per heavy atom. The summed E-state index contributed by atoms with van der Waals surface area (Å²) in [6.45, 7) is 3.58. The van der Waals surface area contributed by atoms with Gasteiger partial charge in [-0.1, -0.05) is 42.0 Å². The largest absolute Gasteiger partial charge is 0.362 e. The Morgan fingerprint density at radius 1 is 0.955 bits per heavy atom. The van der Waals surface area contributed by atoms with Crippen molar-refractivity contribution in [1.29, 1.82) is 0 Å². The Balaban J connectivity index is 1.62. The lowest BCUT2D eigenvalue weighted by molar-refractivity contribution is 0.625. The first-order valence-corrected chi connectivity index (χ1v) is 7.86. The molecular formula is C18H21FN2S. The fourth-order valence-electron chi connectivity index (χ4n) is 2.15. The predicted octanol–water partition coefficient (Wildman–Crippen LogP) is 3.38. The molecule has 2 nitrogen and oxygen atoms in total. The van der Waals surface area contributed by atoms with Crippen molar-refractivity contribution in [3.8, 4) is 0 Å². The third kappa shape index (κ3) is 5.82. The maximum atomic E-state index is 13.0. The topological polar surface area (TPSA) is 24.1 Å². The zero-order chi connectivity index (χ0) is 15.8. The Labute approximate surface area is 136 Å². The van der Waals surface area contributed by atoms with Crippen molar-refractivity contribution >= 4 is 17.3 Å². The van der Waals surface area contributed by atoms with E-state index in [1.807, 2.05) is 6.07 Å². The van der Waals surface area contributed by atoms with E-state index in [4.69, 9.17) is 12.2 Å². The summed E-state index contributed by atoms with van der Waals surface area (Å²) in [5, 5.41) is 6.98. The van der Waals surface area contributed by atoms with Crippen LogP contribution >= 0.6 is 12.2 Å². The summed E-state index contributed by atoms with van der Waals surface area (Å²) in [5.41, 5.74) is 3.53. The maximum absolute atomic E-state index is 13.0. The van der Waals surface area contributed by atoms with Crippen LogP contribution in [0.1, 0.15) is 16.7 Å². The third-order valence-corrected chi connectivity index (χ3v) is 3.70. The second-order valence-electron chi connectivity index (χ2n) is 5.30. The number of benzene rings is 2. The lowest BCUT2D eigenvalue weighted by Crippen LogP contribution is -2.37. The Morgan fingerprint density at radius 3 is 2.23 bits per heavy atom. The summed E-state index contributed by atoms with van der Waals surface area (Å²) in [5.74, 6) is -0.198. The van der Waals surface area contributed by atoms with Crippen molar-refractivity contribution in [2.75, 3.05) is 13.1 Å². The van der Waals surface area contributed by atoms with Gasteiger partial charge in [-0.3, -0.25) is 0 Å². The highest BCUT2D eigenvalue weighted by molar-refractivity contribution is 7.80. The highest BCUT2D eigenvalue weighted by atomic mass is 32.1. The number of rotatable bonds is 6. The number of aryl methyl sites for hydroxylation is 1. The average molecular weight is 316 g/mol. The lowest BCUT2D eigenvalue weighted by atomic mass is 10.1. The van der Waals surface area contributed by atoms with Crippen molar-refractivity contribution in [1.82, 2.24) is 10.6 Å². The van der Waals surface area contributed by atoms with Crippen LogP contribution in [0.3, 0.4) is 0 Å². The molecule has 0 spiro atoms. The van der Waals surface area contributed by atoms with Gasteiger partial charge in [0.05, 0.1) is 0 Å². The second kappa shape index (κ2) is 8.49. The van der Waals surface area contributed by atoms with E-state index in [0.717, 1.165) is 24.9 Å². The lowest BCUT2D eigenvalue weighted by Gasteiger charge is -2.10. The van der Waals surface area contributed by atoms with E-state index in [2.05, 4.69) is 41.8 Å². The highest BCUT2D eigenvalue weighted by Crippen LogP contribution is 2.04. The van der Waals surface area contributed by atoms with Crippen molar-refractivity contribution in [3.05, 3.63) is 71.0 Å².